The summed E-state index contributed by atoms with van der Waals surface area (Å²) in [5.41, 5.74) is 7.33. The van der Waals surface area contributed by atoms with Gasteiger partial charge in [0.25, 0.3) is 0 Å². The summed E-state index contributed by atoms with van der Waals surface area (Å²) in [6, 6.07) is 16.3. The van der Waals surface area contributed by atoms with E-state index in [1.807, 2.05) is 42.5 Å². The van der Waals surface area contributed by atoms with E-state index in [2.05, 4.69) is 0 Å². The lowest BCUT2D eigenvalue weighted by atomic mass is 9.95. The third-order valence-corrected chi connectivity index (χ3v) is 3.91. The SMILES string of the molecule is COc1c(C(=O)O)ccc(N)c1C(=N)c1ccc2ccccc2c1. The minimum atomic E-state index is -1.13. The number of aromatic carboxylic acids is 1. The zero-order valence-corrected chi connectivity index (χ0v) is 13.0. The van der Waals surface area contributed by atoms with E-state index < -0.39 is 5.97 Å². The maximum atomic E-state index is 11.4. The fourth-order valence-electron chi connectivity index (χ4n) is 2.73. The van der Waals surface area contributed by atoms with Gasteiger partial charge in [-0.1, -0.05) is 36.4 Å². The van der Waals surface area contributed by atoms with Crippen molar-refractivity contribution in [3.8, 4) is 5.75 Å². The first-order valence-electron chi connectivity index (χ1n) is 7.30. The molecule has 0 aliphatic heterocycles. The third-order valence-electron chi connectivity index (χ3n) is 3.91. The molecule has 5 heteroatoms. The van der Waals surface area contributed by atoms with Crippen LogP contribution in [0.5, 0.6) is 5.75 Å². The molecule has 3 aromatic rings. The van der Waals surface area contributed by atoms with E-state index in [4.69, 9.17) is 15.9 Å². The lowest BCUT2D eigenvalue weighted by Gasteiger charge is -2.15. The molecule has 0 radical (unpaired) electrons. The number of carbonyl (C=O) groups is 1. The molecule has 24 heavy (non-hydrogen) atoms. The predicted octanol–water partition coefficient (Wildman–Crippen LogP) is 3.54. The van der Waals surface area contributed by atoms with E-state index in [1.165, 1.54) is 19.2 Å². The monoisotopic (exact) mass is 320 g/mol. The number of rotatable bonds is 4. The molecule has 0 atom stereocenters. The number of hydrogen-bond acceptors (Lipinski definition) is 4. The van der Waals surface area contributed by atoms with Gasteiger partial charge in [0, 0.05) is 11.3 Å². The molecule has 0 spiro atoms. The van der Waals surface area contributed by atoms with Crippen LogP contribution < -0.4 is 10.5 Å². The number of nitrogens with two attached hydrogens (primary N) is 1. The Hall–Kier alpha value is -3.34. The number of ether oxygens (including phenoxy) is 1. The molecule has 120 valence electrons. The van der Waals surface area contributed by atoms with Crippen LogP contribution in [0.3, 0.4) is 0 Å². The van der Waals surface area contributed by atoms with Gasteiger partial charge in [0.15, 0.2) is 0 Å². The molecule has 0 bridgehead atoms. The summed E-state index contributed by atoms with van der Waals surface area (Å²) >= 11 is 0. The fourth-order valence-corrected chi connectivity index (χ4v) is 2.73. The lowest BCUT2D eigenvalue weighted by molar-refractivity contribution is 0.0693. The maximum absolute atomic E-state index is 11.4. The summed E-state index contributed by atoms with van der Waals surface area (Å²) in [5.74, 6) is -1.03. The molecule has 0 saturated heterocycles. The molecular formula is C19H16N2O3. The van der Waals surface area contributed by atoms with Crippen LogP contribution in [0, 0.1) is 5.41 Å². The van der Waals surface area contributed by atoms with Crippen molar-refractivity contribution >= 4 is 28.1 Å². The number of benzene rings is 3. The van der Waals surface area contributed by atoms with Crippen molar-refractivity contribution in [1.29, 1.82) is 5.41 Å². The number of fused-ring (bicyclic) bond motifs is 1. The molecule has 0 fully saturated rings. The second-order valence-electron chi connectivity index (χ2n) is 5.35. The summed E-state index contributed by atoms with van der Waals surface area (Å²) in [5, 5.41) is 19.9. The first kappa shape index (κ1) is 15.6. The van der Waals surface area contributed by atoms with Gasteiger partial charge >= 0.3 is 5.97 Å². The third kappa shape index (κ3) is 2.56. The number of nitrogen functional groups attached to an aromatic ring is 1. The molecule has 0 aliphatic carbocycles. The zero-order chi connectivity index (χ0) is 17.3. The predicted molar refractivity (Wildman–Crippen MR) is 94.2 cm³/mol. The molecule has 0 unspecified atom stereocenters. The quantitative estimate of drug-likeness (QED) is 0.506. The Morgan fingerprint density at radius 1 is 1.08 bits per heavy atom. The molecule has 0 aliphatic rings. The number of anilines is 1. The van der Waals surface area contributed by atoms with Crippen LogP contribution in [0.15, 0.2) is 54.6 Å². The number of nitrogens with one attached hydrogen (secondary N) is 1. The molecule has 3 aromatic carbocycles. The molecule has 3 rings (SSSR count). The summed E-state index contributed by atoms with van der Waals surface area (Å²) in [7, 11) is 1.37. The second kappa shape index (κ2) is 6.04. The number of methoxy groups -OCH3 is 1. The van der Waals surface area contributed by atoms with Gasteiger partial charge in [-0.15, -0.1) is 0 Å². The smallest absolute Gasteiger partial charge is 0.339 e. The standard InChI is InChI=1S/C19H16N2O3/c1-24-18-14(19(22)23)8-9-15(20)16(18)17(21)13-7-6-11-4-2-3-5-12(11)10-13/h2-10,21H,20H2,1H3,(H,22,23). The average Bonchev–Trinajstić information content (AvgIpc) is 2.60. The first-order chi connectivity index (χ1) is 11.5. The Kier molecular flexibility index (Phi) is 3.92. The van der Waals surface area contributed by atoms with Crippen LogP contribution in [0.1, 0.15) is 21.5 Å². The van der Waals surface area contributed by atoms with Crippen molar-refractivity contribution in [1.82, 2.24) is 0 Å². The largest absolute Gasteiger partial charge is 0.495 e. The Bertz CT molecular complexity index is 964. The van der Waals surface area contributed by atoms with Gasteiger partial charge in [0.05, 0.1) is 18.4 Å². The van der Waals surface area contributed by atoms with Crippen LogP contribution in [0.4, 0.5) is 5.69 Å². The normalized spacial score (nSPS) is 10.5. The summed E-state index contributed by atoms with van der Waals surface area (Å²) < 4.78 is 5.25. The van der Waals surface area contributed by atoms with Crippen LogP contribution in [0.25, 0.3) is 10.8 Å². The molecule has 5 nitrogen and oxygen atoms in total. The minimum Gasteiger partial charge on any atom is -0.495 e. The lowest BCUT2D eigenvalue weighted by Crippen LogP contribution is -2.11. The molecule has 0 amide bonds. The Balaban J connectivity index is 2.18. The van der Waals surface area contributed by atoms with Crippen molar-refractivity contribution in [2.24, 2.45) is 0 Å². The molecular weight excluding hydrogens is 304 g/mol. The highest BCUT2D eigenvalue weighted by atomic mass is 16.5. The highest BCUT2D eigenvalue weighted by molar-refractivity contribution is 6.18. The van der Waals surface area contributed by atoms with Crippen molar-refractivity contribution in [2.75, 3.05) is 12.8 Å². The molecule has 0 saturated carbocycles. The highest BCUT2D eigenvalue weighted by Gasteiger charge is 2.21. The topological polar surface area (TPSA) is 96.4 Å². The van der Waals surface area contributed by atoms with Gasteiger partial charge in [-0.25, -0.2) is 4.79 Å². The van der Waals surface area contributed by atoms with Crippen molar-refractivity contribution < 1.29 is 14.6 Å². The van der Waals surface area contributed by atoms with E-state index in [0.717, 1.165) is 10.8 Å². The van der Waals surface area contributed by atoms with Gasteiger partial charge in [0.1, 0.15) is 11.3 Å². The number of carboxylic acids is 1. The van der Waals surface area contributed by atoms with Gasteiger partial charge in [-0.2, -0.15) is 0 Å². The first-order valence-corrected chi connectivity index (χ1v) is 7.30. The zero-order valence-electron chi connectivity index (χ0n) is 13.0. The van der Waals surface area contributed by atoms with Crippen LogP contribution >= 0.6 is 0 Å². The number of hydrogen-bond donors (Lipinski definition) is 3. The van der Waals surface area contributed by atoms with Crippen molar-refractivity contribution in [3.63, 3.8) is 0 Å². The van der Waals surface area contributed by atoms with E-state index in [-0.39, 0.29) is 22.6 Å². The fraction of sp³-hybridized carbons (Fsp3) is 0.0526. The molecule has 0 heterocycles. The highest BCUT2D eigenvalue weighted by Crippen LogP contribution is 2.32. The summed E-state index contributed by atoms with van der Waals surface area (Å²) in [6.07, 6.45) is 0. The van der Waals surface area contributed by atoms with Crippen molar-refractivity contribution in [2.45, 2.75) is 0 Å². The minimum absolute atomic E-state index is 0.0211. The summed E-state index contributed by atoms with van der Waals surface area (Å²) in [4.78, 5) is 11.4. The molecule has 4 N–H and O–H groups in total. The van der Waals surface area contributed by atoms with Crippen LogP contribution in [0.2, 0.25) is 0 Å². The van der Waals surface area contributed by atoms with Crippen LogP contribution in [-0.4, -0.2) is 23.9 Å². The number of carboxylic acid groups (broad SMARTS) is 1. The van der Waals surface area contributed by atoms with Crippen LogP contribution in [-0.2, 0) is 0 Å². The van der Waals surface area contributed by atoms with E-state index in [9.17, 15) is 9.90 Å². The second-order valence-corrected chi connectivity index (χ2v) is 5.35. The van der Waals surface area contributed by atoms with Crippen molar-refractivity contribution in [3.05, 3.63) is 71.3 Å². The van der Waals surface area contributed by atoms with Gasteiger partial charge in [0.2, 0.25) is 0 Å². The van der Waals surface area contributed by atoms with E-state index >= 15 is 0 Å². The van der Waals surface area contributed by atoms with E-state index in [0.29, 0.717) is 11.3 Å². The molecule has 0 aromatic heterocycles. The Labute approximate surface area is 138 Å². The van der Waals surface area contributed by atoms with Gasteiger partial charge < -0.3 is 15.6 Å². The van der Waals surface area contributed by atoms with Gasteiger partial charge in [-0.3, -0.25) is 5.41 Å². The Morgan fingerprint density at radius 2 is 1.79 bits per heavy atom. The maximum Gasteiger partial charge on any atom is 0.339 e. The van der Waals surface area contributed by atoms with Gasteiger partial charge in [-0.05, 0) is 29.0 Å². The Morgan fingerprint density at radius 3 is 2.46 bits per heavy atom. The average molecular weight is 320 g/mol. The van der Waals surface area contributed by atoms with E-state index in [1.54, 1.807) is 0 Å². The summed E-state index contributed by atoms with van der Waals surface area (Å²) in [6.45, 7) is 0.